The van der Waals surface area contributed by atoms with E-state index in [9.17, 15) is 22.8 Å². The number of fused-ring (bicyclic) bond motifs is 1. The third kappa shape index (κ3) is 6.29. The minimum Gasteiger partial charge on any atom is -0.493 e. The zero-order valence-corrected chi connectivity index (χ0v) is 22.7. The molecule has 0 amide bonds. The number of aryl methyl sites for hydroxylation is 2. The lowest BCUT2D eigenvalue weighted by Crippen LogP contribution is -2.16. The van der Waals surface area contributed by atoms with Gasteiger partial charge in [0, 0.05) is 12.1 Å². The number of carbonyl (C=O) groups is 1. The smallest absolute Gasteiger partial charge is 0.453 e. The summed E-state index contributed by atoms with van der Waals surface area (Å²) in [6, 6.07) is 11.6. The van der Waals surface area contributed by atoms with Gasteiger partial charge in [-0.15, -0.1) is 0 Å². The van der Waals surface area contributed by atoms with E-state index >= 15 is 0 Å². The van der Waals surface area contributed by atoms with Crippen LogP contribution in [-0.2, 0) is 11.0 Å². The summed E-state index contributed by atoms with van der Waals surface area (Å²) in [7, 11) is 4.34. The fourth-order valence-corrected chi connectivity index (χ4v) is 3.94. The Morgan fingerprint density at radius 1 is 0.854 bits per heavy atom. The Hall–Kier alpha value is -4.93. The van der Waals surface area contributed by atoms with Gasteiger partial charge < -0.3 is 28.1 Å². The minimum absolute atomic E-state index is 0.0894. The standard InChI is InChI=1S/C30H25F3O8/c1-16-6-7-17(2)21(12-16)40-28-26(35)20-10-9-19(15-22(20)41-29(28)30(31,32)33)39-25(34)11-8-18-13-23(36-3)27(38-5)24(14-18)37-4/h6-15H,1-5H3. The highest BCUT2D eigenvalue weighted by Crippen LogP contribution is 2.40. The number of methoxy groups -OCH3 is 3. The van der Waals surface area contributed by atoms with E-state index < -0.39 is 34.7 Å². The topological polar surface area (TPSA) is 93.4 Å². The second kappa shape index (κ2) is 11.7. The van der Waals surface area contributed by atoms with E-state index in [4.69, 9.17) is 28.1 Å². The van der Waals surface area contributed by atoms with Crippen LogP contribution in [0.4, 0.5) is 13.2 Å². The van der Waals surface area contributed by atoms with E-state index in [1.54, 1.807) is 38.1 Å². The molecular formula is C30H25F3O8. The van der Waals surface area contributed by atoms with Crippen LogP contribution in [0.15, 0.2) is 63.8 Å². The van der Waals surface area contributed by atoms with Gasteiger partial charge in [-0.1, -0.05) is 12.1 Å². The van der Waals surface area contributed by atoms with Crippen LogP contribution < -0.4 is 29.1 Å². The molecule has 1 aromatic heterocycles. The van der Waals surface area contributed by atoms with Crippen molar-refractivity contribution in [3.8, 4) is 34.5 Å². The molecule has 214 valence electrons. The van der Waals surface area contributed by atoms with Crippen LogP contribution in [0.25, 0.3) is 17.0 Å². The Labute approximate surface area is 232 Å². The summed E-state index contributed by atoms with van der Waals surface area (Å²) in [6.07, 6.45) is -2.52. The monoisotopic (exact) mass is 570 g/mol. The number of benzene rings is 3. The van der Waals surface area contributed by atoms with Crippen molar-refractivity contribution < 1.29 is 46.1 Å². The Bertz CT molecular complexity index is 1680. The second-order valence-electron chi connectivity index (χ2n) is 8.83. The van der Waals surface area contributed by atoms with Gasteiger partial charge in [0.2, 0.25) is 16.9 Å². The first-order chi connectivity index (χ1) is 19.4. The van der Waals surface area contributed by atoms with Crippen molar-refractivity contribution in [3.63, 3.8) is 0 Å². The molecule has 0 atom stereocenters. The summed E-state index contributed by atoms with van der Waals surface area (Å²) in [5.74, 6) is -2.39. The van der Waals surface area contributed by atoms with E-state index in [2.05, 4.69) is 0 Å². The first-order valence-corrected chi connectivity index (χ1v) is 12.1. The summed E-state index contributed by atoms with van der Waals surface area (Å²) in [5.41, 5.74) is 0.321. The fraction of sp³-hybridized carbons (Fsp3) is 0.200. The van der Waals surface area contributed by atoms with E-state index in [1.807, 2.05) is 0 Å². The quantitative estimate of drug-likeness (QED) is 0.129. The van der Waals surface area contributed by atoms with Gasteiger partial charge in [-0.2, -0.15) is 13.2 Å². The van der Waals surface area contributed by atoms with Gasteiger partial charge in [-0.3, -0.25) is 4.79 Å². The predicted molar refractivity (Wildman–Crippen MR) is 144 cm³/mol. The molecule has 3 aromatic carbocycles. The van der Waals surface area contributed by atoms with Crippen LogP contribution in [-0.4, -0.2) is 27.3 Å². The Morgan fingerprint density at radius 3 is 2.15 bits per heavy atom. The summed E-state index contributed by atoms with van der Waals surface area (Å²) < 4.78 is 73.4. The third-order valence-electron chi connectivity index (χ3n) is 5.95. The minimum atomic E-state index is -5.05. The highest BCUT2D eigenvalue weighted by atomic mass is 19.4. The molecule has 0 aliphatic carbocycles. The SMILES string of the molecule is COc1cc(C=CC(=O)Oc2ccc3c(=O)c(Oc4cc(C)ccc4C)c(C(F)(F)F)oc3c2)cc(OC)c1OC. The number of esters is 1. The number of alkyl halides is 3. The zero-order valence-electron chi connectivity index (χ0n) is 22.7. The van der Waals surface area contributed by atoms with Gasteiger partial charge in [-0.05, 0) is 66.9 Å². The van der Waals surface area contributed by atoms with E-state index in [0.717, 1.165) is 17.7 Å². The zero-order chi connectivity index (χ0) is 29.9. The van der Waals surface area contributed by atoms with Crippen molar-refractivity contribution >= 4 is 23.0 Å². The summed E-state index contributed by atoms with van der Waals surface area (Å²) >= 11 is 0. The van der Waals surface area contributed by atoms with Crippen molar-refractivity contribution in [3.05, 3.63) is 87.3 Å². The van der Waals surface area contributed by atoms with Gasteiger partial charge in [0.25, 0.3) is 5.76 Å². The molecule has 11 heteroatoms. The molecule has 0 aliphatic heterocycles. The molecule has 0 N–H and O–H groups in total. The molecule has 0 bridgehead atoms. The number of carbonyl (C=O) groups excluding carboxylic acids is 1. The Balaban J connectivity index is 1.65. The summed E-state index contributed by atoms with van der Waals surface area (Å²) in [5, 5.41) is -0.189. The lowest BCUT2D eigenvalue weighted by Gasteiger charge is -2.15. The maximum Gasteiger partial charge on any atom is 0.453 e. The molecule has 0 saturated carbocycles. The van der Waals surface area contributed by atoms with Crippen molar-refractivity contribution in [2.24, 2.45) is 0 Å². The Morgan fingerprint density at radius 2 is 1.54 bits per heavy atom. The molecule has 0 radical (unpaired) electrons. The molecule has 0 saturated heterocycles. The van der Waals surface area contributed by atoms with E-state index in [-0.39, 0.29) is 16.9 Å². The largest absolute Gasteiger partial charge is 0.493 e. The number of hydrogen-bond donors (Lipinski definition) is 0. The maximum atomic E-state index is 13.9. The van der Waals surface area contributed by atoms with Crippen LogP contribution in [0.3, 0.4) is 0 Å². The van der Waals surface area contributed by atoms with Crippen LogP contribution in [0.2, 0.25) is 0 Å². The Kier molecular flexibility index (Phi) is 8.27. The van der Waals surface area contributed by atoms with Crippen molar-refractivity contribution in [2.45, 2.75) is 20.0 Å². The lowest BCUT2D eigenvalue weighted by atomic mass is 10.1. The first kappa shape index (κ1) is 29.1. The predicted octanol–water partition coefficient (Wildman–Crippen LogP) is 6.87. The third-order valence-corrected chi connectivity index (χ3v) is 5.95. The lowest BCUT2D eigenvalue weighted by molar-refractivity contribution is -0.154. The molecule has 4 aromatic rings. The molecule has 4 rings (SSSR count). The highest BCUT2D eigenvalue weighted by Gasteiger charge is 2.40. The molecule has 41 heavy (non-hydrogen) atoms. The number of hydrogen-bond acceptors (Lipinski definition) is 8. The average Bonchev–Trinajstić information content (AvgIpc) is 2.93. The van der Waals surface area contributed by atoms with Crippen molar-refractivity contribution in [1.82, 2.24) is 0 Å². The highest BCUT2D eigenvalue weighted by molar-refractivity contribution is 5.90. The normalized spacial score (nSPS) is 11.5. The second-order valence-corrected chi connectivity index (χ2v) is 8.83. The van der Waals surface area contributed by atoms with Gasteiger partial charge in [0.15, 0.2) is 11.5 Å². The molecular weight excluding hydrogens is 545 g/mol. The average molecular weight is 571 g/mol. The summed E-state index contributed by atoms with van der Waals surface area (Å²) in [6.45, 7) is 3.38. The van der Waals surface area contributed by atoms with Crippen LogP contribution in [0, 0.1) is 13.8 Å². The molecule has 0 aliphatic rings. The van der Waals surface area contributed by atoms with Gasteiger partial charge >= 0.3 is 12.1 Å². The number of rotatable bonds is 8. The maximum absolute atomic E-state index is 13.9. The van der Waals surface area contributed by atoms with Crippen molar-refractivity contribution in [1.29, 1.82) is 0 Å². The summed E-state index contributed by atoms with van der Waals surface area (Å²) in [4.78, 5) is 25.6. The number of ether oxygens (including phenoxy) is 5. The number of halogens is 3. The van der Waals surface area contributed by atoms with Crippen LogP contribution in [0.1, 0.15) is 22.5 Å². The fourth-order valence-electron chi connectivity index (χ4n) is 3.94. The first-order valence-electron chi connectivity index (χ1n) is 12.1. The van der Waals surface area contributed by atoms with E-state index in [0.29, 0.717) is 28.4 Å². The van der Waals surface area contributed by atoms with Gasteiger partial charge in [-0.25, -0.2) is 4.79 Å². The van der Waals surface area contributed by atoms with Crippen LogP contribution in [0.5, 0.6) is 34.5 Å². The molecule has 0 spiro atoms. The van der Waals surface area contributed by atoms with E-state index in [1.165, 1.54) is 45.6 Å². The van der Waals surface area contributed by atoms with Crippen LogP contribution >= 0.6 is 0 Å². The molecule has 8 nitrogen and oxygen atoms in total. The molecule has 0 unspecified atom stereocenters. The van der Waals surface area contributed by atoms with Crippen molar-refractivity contribution in [2.75, 3.05) is 21.3 Å². The van der Waals surface area contributed by atoms with Gasteiger partial charge in [0.05, 0.1) is 26.7 Å². The molecule has 1 heterocycles. The van der Waals surface area contributed by atoms with Gasteiger partial charge in [0.1, 0.15) is 17.1 Å². The molecule has 0 fully saturated rings.